The van der Waals surface area contributed by atoms with Crippen LogP contribution in [0.25, 0.3) is 0 Å². The molecule has 44 heavy (non-hydrogen) atoms. The Morgan fingerprint density at radius 2 is 1.64 bits per heavy atom. The third kappa shape index (κ3) is 8.02. The first-order valence-electron chi connectivity index (χ1n) is 13.8. The van der Waals surface area contributed by atoms with Crippen LogP contribution in [0.3, 0.4) is 0 Å². The van der Waals surface area contributed by atoms with Crippen LogP contribution in [0.4, 0.5) is 41.2 Å². The maximum Gasteiger partial charge on any atom is 0.407 e. The lowest BCUT2D eigenvalue weighted by molar-refractivity contribution is -0.253. The van der Waals surface area contributed by atoms with E-state index >= 15 is 0 Å². The van der Waals surface area contributed by atoms with Crippen LogP contribution < -0.4 is 9.62 Å². The summed E-state index contributed by atoms with van der Waals surface area (Å²) in [5, 5.41) is 2.72. The number of benzene rings is 2. The highest BCUT2D eigenvalue weighted by molar-refractivity contribution is 7.86. The van der Waals surface area contributed by atoms with E-state index in [-0.39, 0.29) is 53.9 Å². The van der Waals surface area contributed by atoms with Gasteiger partial charge in [-0.2, -0.15) is 26.3 Å². The van der Waals surface area contributed by atoms with Crippen LogP contribution in [0.15, 0.2) is 47.4 Å². The SMILES string of the molecule is CC(C)(C)OC(=O)NC1CCN(C(=O)C[C@@H]2CCc3cc(C(C(F)(F)F)C(F)(F)F)ccc3N2S(=O)c2ccc(F)cc2)C1. The number of ether oxygens (including phenoxy) is 1. The lowest BCUT2D eigenvalue weighted by Crippen LogP contribution is -2.45. The number of fused-ring (bicyclic) bond motifs is 1. The van der Waals surface area contributed by atoms with E-state index in [1.165, 1.54) is 21.3 Å². The minimum absolute atomic E-state index is 0.0312. The maximum absolute atomic E-state index is 13.8. The third-order valence-electron chi connectivity index (χ3n) is 7.27. The fourth-order valence-corrected chi connectivity index (χ4v) is 6.79. The zero-order valence-electron chi connectivity index (χ0n) is 24.1. The molecule has 2 aromatic rings. The van der Waals surface area contributed by atoms with Gasteiger partial charge in [-0.25, -0.2) is 13.4 Å². The number of halogens is 7. The van der Waals surface area contributed by atoms with E-state index in [1.807, 2.05) is 0 Å². The van der Waals surface area contributed by atoms with E-state index < -0.39 is 58.4 Å². The second-order valence-corrected chi connectivity index (χ2v) is 13.2. The molecule has 2 amide bonds. The Hall–Kier alpha value is -3.36. The van der Waals surface area contributed by atoms with Crippen LogP contribution in [0.5, 0.6) is 0 Å². The van der Waals surface area contributed by atoms with Crippen molar-refractivity contribution in [2.24, 2.45) is 0 Å². The van der Waals surface area contributed by atoms with Crippen LogP contribution >= 0.6 is 0 Å². The first kappa shape index (κ1) is 33.5. The summed E-state index contributed by atoms with van der Waals surface area (Å²) in [6, 6.07) is 6.13. The monoisotopic (exact) mass is 651 g/mol. The zero-order chi connectivity index (χ0) is 32.6. The highest BCUT2D eigenvalue weighted by Gasteiger charge is 2.57. The van der Waals surface area contributed by atoms with Gasteiger partial charge in [-0.15, -0.1) is 0 Å². The standard InChI is InChI=1S/C29H32F7N3O4S/c1-27(2,3)43-26(41)37-20-12-13-38(16-20)24(40)15-21-8-4-17-14-18(25(28(31,32)33)29(34,35)36)5-11-23(17)39(21)44(42)22-9-6-19(30)7-10-22/h5-7,9-11,14,20-21,25H,4,8,12-13,15-16H2,1-3H3,(H,37,41)/t20?,21-,44?/m0/s1. The van der Waals surface area contributed by atoms with Crippen LogP contribution in [0.1, 0.15) is 57.1 Å². The predicted molar refractivity (Wildman–Crippen MR) is 148 cm³/mol. The van der Waals surface area contributed by atoms with Gasteiger partial charge in [-0.1, -0.05) is 12.1 Å². The van der Waals surface area contributed by atoms with E-state index in [9.17, 15) is 44.5 Å². The van der Waals surface area contributed by atoms with Gasteiger partial charge >= 0.3 is 18.4 Å². The number of hydrogen-bond acceptors (Lipinski definition) is 4. The number of carbonyl (C=O) groups excluding carboxylic acids is 2. The summed E-state index contributed by atoms with van der Waals surface area (Å²) in [4.78, 5) is 27.2. The number of aryl methyl sites for hydroxylation is 1. The Bertz CT molecular complexity index is 1380. The fourth-order valence-electron chi connectivity index (χ4n) is 5.38. The molecule has 4 rings (SSSR count). The van der Waals surface area contributed by atoms with Crippen molar-refractivity contribution in [1.82, 2.24) is 10.2 Å². The molecule has 2 aliphatic heterocycles. The summed E-state index contributed by atoms with van der Waals surface area (Å²) < 4.78 is 115. The largest absolute Gasteiger partial charge is 0.444 e. The Labute approximate surface area is 252 Å². The van der Waals surface area contributed by atoms with E-state index in [0.717, 1.165) is 24.3 Å². The molecule has 0 radical (unpaired) electrons. The molecule has 2 heterocycles. The topological polar surface area (TPSA) is 79.0 Å². The van der Waals surface area contributed by atoms with Crippen LogP contribution in [-0.2, 0) is 26.9 Å². The van der Waals surface area contributed by atoms with Gasteiger partial charge in [0, 0.05) is 19.5 Å². The number of alkyl halides is 6. The predicted octanol–water partition coefficient (Wildman–Crippen LogP) is 6.39. The van der Waals surface area contributed by atoms with Crippen LogP contribution in [0.2, 0.25) is 0 Å². The fraction of sp³-hybridized carbons (Fsp3) is 0.517. The second-order valence-electron chi connectivity index (χ2n) is 11.8. The lowest BCUT2D eigenvalue weighted by Gasteiger charge is -2.38. The molecule has 0 saturated carbocycles. The Morgan fingerprint density at radius 3 is 2.23 bits per heavy atom. The van der Waals surface area contributed by atoms with Crippen LogP contribution in [-0.4, -0.2) is 64.2 Å². The van der Waals surface area contributed by atoms with E-state index in [4.69, 9.17) is 4.74 Å². The molecule has 2 aromatic carbocycles. The summed E-state index contributed by atoms with van der Waals surface area (Å²) in [5.41, 5.74) is -1.47. The molecule has 0 spiro atoms. The summed E-state index contributed by atoms with van der Waals surface area (Å²) in [6.45, 7) is 5.66. The van der Waals surface area contributed by atoms with Gasteiger partial charge in [0.2, 0.25) is 5.91 Å². The minimum Gasteiger partial charge on any atom is -0.444 e. The van der Waals surface area contributed by atoms with Crippen molar-refractivity contribution in [1.29, 1.82) is 0 Å². The number of anilines is 1. The smallest absolute Gasteiger partial charge is 0.407 e. The number of amides is 2. The normalized spacial score (nSPS) is 20.0. The summed E-state index contributed by atoms with van der Waals surface area (Å²) >= 11 is 0. The molecule has 3 atom stereocenters. The van der Waals surface area contributed by atoms with Gasteiger partial charge in [0.25, 0.3) is 0 Å². The minimum atomic E-state index is -5.58. The Morgan fingerprint density at radius 1 is 1.00 bits per heavy atom. The van der Waals surface area contributed by atoms with Gasteiger partial charge in [0.1, 0.15) is 11.4 Å². The lowest BCUT2D eigenvalue weighted by atomic mass is 9.90. The number of hydrogen-bond donors (Lipinski definition) is 1. The number of alkyl carbamates (subject to hydrolysis) is 1. The molecule has 15 heteroatoms. The van der Waals surface area contributed by atoms with Gasteiger partial charge in [-0.05, 0) is 81.5 Å². The first-order valence-corrected chi connectivity index (χ1v) is 14.9. The highest BCUT2D eigenvalue weighted by Crippen LogP contribution is 2.48. The van der Waals surface area contributed by atoms with E-state index in [0.29, 0.717) is 19.0 Å². The molecule has 7 nitrogen and oxygen atoms in total. The number of carbonyl (C=O) groups is 2. The van der Waals surface area contributed by atoms with Crippen molar-refractivity contribution >= 4 is 28.7 Å². The molecule has 1 saturated heterocycles. The number of likely N-dealkylation sites (tertiary alicyclic amines) is 1. The zero-order valence-corrected chi connectivity index (χ0v) is 24.9. The molecule has 2 aliphatic rings. The molecular formula is C29H32F7N3O4S. The molecule has 1 N–H and O–H groups in total. The Kier molecular flexibility index (Phi) is 9.57. The van der Waals surface area contributed by atoms with Crippen molar-refractivity contribution in [3.63, 3.8) is 0 Å². The van der Waals surface area contributed by atoms with Gasteiger partial charge in [-0.3, -0.25) is 9.10 Å². The van der Waals surface area contributed by atoms with E-state index in [2.05, 4.69) is 5.32 Å². The maximum atomic E-state index is 13.8. The number of nitrogens with zero attached hydrogens (tertiary/aromatic N) is 2. The highest BCUT2D eigenvalue weighted by atomic mass is 32.2. The number of rotatable bonds is 6. The molecule has 0 bridgehead atoms. The van der Waals surface area contributed by atoms with Crippen molar-refractivity contribution in [2.75, 3.05) is 17.4 Å². The van der Waals surface area contributed by atoms with Crippen molar-refractivity contribution in [3.8, 4) is 0 Å². The molecule has 2 unspecified atom stereocenters. The average Bonchev–Trinajstić information content (AvgIpc) is 3.34. The summed E-state index contributed by atoms with van der Waals surface area (Å²) in [7, 11) is -2.09. The van der Waals surface area contributed by atoms with Crippen molar-refractivity contribution in [3.05, 3.63) is 59.4 Å². The van der Waals surface area contributed by atoms with Crippen molar-refractivity contribution < 1.29 is 49.3 Å². The molecule has 0 aliphatic carbocycles. The van der Waals surface area contributed by atoms with Gasteiger partial charge in [0.05, 0.1) is 22.7 Å². The van der Waals surface area contributed by atoms with Gasteiger partial charge in [0.15, 0.2) is 16.9 Å². The molecule has 242 valence electrons. The summed E-state index contributed by atoms with van der Waals surface area (Å²) in [6.07, 6.45) is -11.4. The van der Waals surface area contributed by atoms with E-state index in [1.54, 1.807) is 20.8 Å². The average molecular weight is 652 g/mol. The molecular weight excluding hydrogens is 619 g/mol. The summed E-state index contributed by atoms with van der Waals surface area (Å²) in [5.74, 6) is -4.64. The first-order chi connectivity index (χ1) is 20.3. The van der Waals surface area contributed by atoms with Crippen LogP contribution in [0, 0.1) is 5.82 Å². The second kappa shape index (κ2) is 12.6. The van der Waals surface area contributed by atoms with Gasteiger partial charge < -0.3 is 15.0 Å². The number of nitrogens with one attached hydrogen (secondary N) is 1. The van der Waals surface area contributed by atoms with Crippen molar-refractivity contribution in [2.45, 2.75) is 87.3 Å². The molecule has 0 aromatic heterocycles. The Balaban J connectivity index is 1.59. The molecule has 1 fully saturated rings. The third-order valence-corrected chi connectivity index (χ3v) is 8.80. The quantitative estimate of drug-likeness (QED) is 0.367.